The van der Waals surface area contributed by atoms with Gasteiger partial charge in [0.1, 0.15) is 5.82 Å². The third kappa shape index (κ3) is 1.45. The molecule has 10 heavy (non-hydrogen) atoms. The molecule has 1 radical (unpaired) electrons. The number of hydrogen-bond acceptors (Lipinski definition) is 1. The van der Waals surface area contributed by atoms with Crippen LogP contribution in [0.2, 0.25) is 0 Å². The van der Waals surface area contributed by atoms with E-state index in [0.717, 1.165) is 0 Å². The first-order valence-electron chi connectivity index (χ1n) is 2.59. The van der Waals surface area contributed by atoms with E-state index in [1.807, 2.05) is 28.7 Å². The lowest BCUT2D eigenvalue weighted by atomic mass is 10.2. The van der Waals surface area contributed by atoms with Gasteiger partial charge in [0.05, 0.1) is 11.6 Å². The Labute approximate surface area is 71.6 Å². The molecule has 0 saturated carbocycles. The fourth-order valence-electron chi connectivity index (χ4n) is 0.566. The monoisotopic (exact) mass is 247 g/mol. The van der Waals surface area contributed by atoms with Crippen molar-refractivity contribution >= 4 is 0 Å². The second-order valence-electron chi connectivity index (χ2n) is 1.74. The molecule has 1 aromatic rings. The second-order valence-corrected chi connectivity index (χ2v) is 2.90. The van der Waals surface area contributed by atoms with Crippen molar-refractivity contribution in [2.75, 3.05) is 0 Å². The average Bonchev–Trinajstić information content (AvgIpc) is 1.95. The van der Waals surface area contributed by atoms with Gasteiger partial charge in [0, 0.05) is 0 Å². The smallest absolute Gasteiger partial charge is 0.101 e. The third-order valence-corrected chi connectivity index (χ3v) is 1.88. The summed E-state index contributed by atoms with van der Waals surface area (Å²) >= 11 is 1.85. The normalized spacial score (nSPS) is 8.90. The Morgan fingerprint density at radius 1 is 1.50 bits per heavy atom. The number of benzene rings is 1. The zero-order chi connectivity index (χ0) is 7.56. The van der Waals surface area contributed by atoms with Crippen molar-refractivity contribution in [1.29, 1.82) is 5.26 Å². The minimum Gasteiger partial charge on any atom is -0.755 e. The number of nitriles is 1. The van der Waals surface area contributed by atoms with Crippen LogP contribution in [0.1, 0.15) is 5.56 Å². The van der Waals surface area contributed by atoms with Gasteiger partial charge in [-0.15, -0.1) is 0 Å². The summed E-state index contributed by atoms with van der Waals surface area (Å²) in [5.74, 6) is -0.278. The maximum atomic E-state index is 12.5. The number of rotatable bonds is 0. The van der Waals surface area contributed by atoms with E-state index in [0.29, 0.717) is 9.13 Å². The molecule has 3 heteroatoms. The van der Waals surface area contributed by atoms with E-state index in [1.54, 1.807) is 0 Å². The van der Waals surface area contributed by atoms with Crippen molar-refractivity contribution in [1.82, 2.24) is 0 Å². The minimum absolute atomic E-state index is 0.278. The maximum Gasteiger partial charge on any atom is 0.101 e. The standard InChI is InChI=1S/C7H3FIN/c8-6-2-1-5(4-10)3-7(6)9/h1-3H/q-1. The maximum absolute atomic E-state index is 12.5. The molecule has 1 rings (SSSR count). The molecular formula is C7H3FIN-. The van der Waals surface area contributed by atoms with Crippen LogP contribution in [-0.4, -0.2) is 0 Å². The van der Waals surface area contributed by atoms with Gasteiger partial charge < -0.3 is 22.6 Å². The summed E-state index contributed by atoms with van der Waals surface area (Å²) < 4.78 is 13.0. The largest absolute Gasteiger partial charge is 0.755 e. The minimum atomic E-state index is -0.278. The lowest BCUT2D eigenvalue weighted by molar-refractivity contribution is -0.333. The molecule has 0 aliphatic carbocycles. The van der Waals surface area contributed by atoms with E-state index in [9.17, 15) is 4.39 Å². The first kappa shape index (κ1) is 7.48. The molecule has 51 valence electrons. The number of nitrogens with zero attached hydrogens (tertiary/aromatic N) is 1. The molecule has 1 aromatic carbocycles. The average molecular weight is 247 g/mol. The lowest BCUT2D eigenvalue weighted by Gasteiger charge is -2.05. The first-order valence-corrected chi connectivity index (χ1v) is 3.67. The van der Waals surface area contributed by atoms with Crippen molar-refractivity contribution in [3.63, 3.8) is 0 Å². The van der Waals surface area contributed by atoms with Crippen molar-refractivity contribution in [2.45, 2.75) is 0 Å². The number of halogens is 2. The van der Waals surface area contributed by atoms with Crippen LogP contribution in [0, 0.1) is 20.7 Å². The van der Waals surface area contributed by atoms with Crippen molar-refractivity contribution in [3.05, 3.63) is 33.1 Å². The molecule has 0 saturated heterocycles. The van der Waals surface area contributed by atoms with Gasteiger partial charge in [0.2, 0.25) is 0 Å². The Bertz CT molecular complexity index is 290. The van der Waals surface area contributed by atoms with Gasteiger partial charge in [0.15, 0.2) is 0 Å². The van der Waals surface area contributed by atoms with Gasteiger partial charge in [0.25, 0.3) is 0 Å². The summed E-state index contributed by atoms with van der Waals surface area (Å²) in [5.41, 5.74) is 0.491. The molecular weight excluding hydrogens is 244 g/mol. The molecule has 0 heterocycles. The van der Waals surface area contributed by atoms with E-state index in [4.69, 9.17) is 5.26 Å². The molecule has 0 bridgehead atoms. The van der Waals surface area contributed by atoms with Crippen LogP contribution in [0.4, 0.5) is 4.39 Å². The lowest BCUT2D eigenvalue weighted by Crippen LogP contribution is -3.34. The molecule has 0 aromatic heterocycles. The highest BCUT2D eigenvalue weighted by Gasteiger charge is 1.90. The van der Waals surface area contributed by atoms with Gasteiger partial charge in [-0.25, -0.2) is 4.39 Å². The SMILES string of the molecule is N#Cc1ccc(F)c([I-])c1. The van der Waals surface area contributed by atoms with Gasteiger partial charge in [-0.1, -0.05) is 6.07 Å². The third-order valence-electron chi connectivity index (χ3n) is 1.05. The van der Waals surface area contributed by atoms with E-state index in [-0.39, 0.29) is 5.82 Å². The van der Waals surface area contributed by atoms with Crippen LogP contribution in [0.25, 0.3) is 0 Å². The Balaban J connectivity index is 3.20. The van der Waals surface area contributed by atoms with E-state index >= 15 is 0 Å². The molecule has 0 atom stereocenters. The van der Waals surface area contributed by atoms with Gasteiger partial charge in [-0.05, 0) is 12.1 Å². The Morgan fingerprint density at radius 2 is 2.20 bits per heavy atom. The van der Waals surface area contributed by atoms with Gasteiger partial charge >= 0.3 is 0 Å². The highest BCUT2D eigenvalue weighted by molar-refractivity contribution is 5.27. The predicted molar refractivity (Wildman–Crippen MR) is 29.8 cm³/mol. The van der Waals surface area contributed by atoms with Gasteiger partial charge in [-0.2, -0.15) is 8.83 Å². The molecule has 0 aliphatic heterocycles. The van der Waals surface area contributed by atoms with Crippen LogP contribution in [0.5, 0.6) is 0 Å². The molecule has 0 fully saturated rings. The first-order chi connectivity index (χ1) is 4.74. The van der Waals surface area contributed by atoms with Crippen molar-refractivity contribution in [2.24, 2.45) is 0 Å². The highest BCUT2D eigenvalue weighted by Crippen LogP contribution is 1.99. The summed E-state index contributed by atoms with van der Waals surface area (Å²) in [6.45, 7) is 0. The van der Waals surface area contributed by atoms with E-state index in [1.165, 1.54) is 18.2 Å². The molecule has 0 unspecified atom stereocenters. The summed E-state index contributed by atoms with van der Waals surface area (Å²) in [7, 11) is 0. The van der Waals surface area contributed by atoms with Crippen LogP contribution >= 0.6 is 0 Å². The van der Waals surface area contributed by atoms with Crippen LogP contribution in [0.15, 0.2) is 18.2 Å². The predicted octanol–water partition coefficient (Wildman–Crippen LogP) is -1.58. The Kier molecular flexibility index (Phi) is 2.22. The zero-order valence-corrected chi connectivity index (χ0v) is 7.09. The number of hydrogen-bond donors (Lipinski definition) is 0. The molecule has 0 N–H and O–H groups in total. The topological polar surface area (TPSA) is 23.8 Å². The van der Waals surface area contributed by atoms with Crippen molar-refractivity contribution in [3.8, 4) is 6.07 Å². The summed E-state index contributed by atoms with van der Waals surface area (Å²) in [4.78, 5) is 0. The molecule has 0 amide bonds. The van der Waals surface area contributed by atoms with Gasteiger partial charge in [-0.3, -0.25) is 0 Å². The molecule has 0 spiro atoms. The zero-order valence-electron chi connectivity index (χ0n) is 4.94. The van der Waals surface area contributed by atoms with Crippen LogP contribution in [0.3, 0.4) is 0 Å². The fourth-order valence-corrected chi connectivity index (χ4v) is 1.08. The summed E-state index contributed by atoms with van der Waals surface area (Å²) in [6.07, 6.45) is 0. The quantitative estimate of drug-likeness (QED) is 0.508. The van der Waals surface area contributed by atoms with Crippen molar-refractivity contribution < 1.29 is 27.0 Å². The summed E-state index contributed by atoms with van der Waals surface area (Å²) in [6, 6.07) is 6.18. The van der Waals surface area contributed by atoms with E-state index in [2.05, 4.69) is 0 Å². The Morgan fingerprint density at radius 3 is 2.70 bits per heavy atom. The van der Waals surface area contributed by atoms with E-state index < -0.39 is 0 Å². The molecule has 0 aliphatic rings. The highest BCUT2D eigenvalue weighted by atomic mass is 127. The fraction of sp³-hybridized carbons (Fsp3) is 0. The van der Waals surface area contributed by atoms with Crippen LogP contribution < -0.4 is 22.6 Å². The van der Waals surface area contributed by atoms with Crippen LogP contribution in [-0.2, 0) is 0 Å². The Hall–Kier alpha value is -0.630. The molecule has 1 nitrogen and oxygen atoms in total. The second kappa shape index (κ2) is 2.97. The summed E-state index contributed by atoms with van der Waals surface area (Å²) in [5, 5.41) is 8.38.